The second-order valence-corrected chi connectivity index (χ2v) is 8.21. The minimum Gasteiger partial charge on any atom is -0.497 e. The van der Waals surface area contributed by atoms with Crippen LogP contribution in [0, 0.1) is 0 Å². The molecule has 1 atom stereocenters. The Kier molecular flexibility index (Phi) is 6.85. The zero-order valence-electron chi connectivity index (χ0n) is 16.1. The molecule has 1 N–H and O–H groups in total. The molecule has 7 heteroatoms. The van der Waals surface area contributed by atoms with E-state index in [9.17, 15) is 13.2 Å². The number of hydrogen-bond acceptors (Lipinski definition) is 4. The highest BCUT2D eigenvalue weighted by Crippen LogP contribution is 2.24. The van der Waals surface area contributed by atoms with Crippen LogP contribution in [0.5, 0.6) is 5.75 Å². The van der Waals surface area contributed by atoms with Crippen LogP contribution >= 0.6 is 0 Å². The van der Waals surface area contributed by atoms with Crippen LogP contribution in [0.2, 0.25) is 0 Å². The van der Waals surface area contributed by atoms with Crippen molar-refractivity contribution in [3.05, 3.63) is 59.7 Å². The summed E-state index contributed by atoms with van der Waals surface area (Å²) in [6.07, 6.45) is 0.524. The number of anilines is 1. The molecule has 6 nitrogen and oxygen atoms in total. The number of amides is 1. The number of nitrogens with one attached hydrogen (secondary N) is 1. The maximum Gasteiger partial charge on any atom is 0.254 e. The summed E-state index contributed by atoms with van der Waals surface area (Å²) in [5.74, 6) is 0.612. The highest BCUT2D eigenvalue weighted by Gasteiger charge is 2.20. The lowest BCUT2D eigenvalue weighted by molar-refractivity contribution is 0.0742. The predicted octanol–water partition coefficient (Wildman–Crippen LogP) is 3.68. The summed E-state index contributed by atoms with van der Waals surface area (Å²) >= 11 is 0. The molecule has 2 aromatic carbocycles. The number of carbonyl (C=O) groups excluding carboxylic acids is 1. The van der Waals surface area contributed by atoms with E-state index in [4.69, 9.17) is 4.74 Å². The molecular formula is C20H26N2O4S. The maximum atomic E-state index is 12.9. The van der Waals surface area contributed by atoms with Gasteiger partial charge in [-0.15, -0.1) is 0 Å². The Morgan fingerprint density at radius 2 is 1.85 bits per heavy atom. The number of ether oxygens (including phenoxy) is 1. The minimum absolute atomic E-state index is 0.0413. The highest BCUT2D eigenvalue weighted by molar-refractivity contribution is 7.92. The van der Waals surface area contributed by atoms with Crippen LogP contribution in [0.25, 0.3) is 0 Å². The van der Waals surface area contributed by atoms with Gasteiger partial charge < -0.3 is 9.64 Å². The monoisotopic (exact) mass is 390 g/mol. The SMILES string of the molecule is CCCS(=O)(=O)Nc1cccc(C(=O)N(C)C(C)c2ccc(OC)cc2)c1. The van der Waals surface area contributed by atoms with E-state index in [1.54, 1.807) is 50.2 Å². The fraction of sp³-hybridized carbons (Fsp3) is 0.350. The van der Waals surface area contributed by atoms with Crippen LogP contribution in [-0.4, -0.2) is 39.1 Å². The van der Waals surface area contributed by atoms with E-state index in [0.717, 1.165) is 11.3 Å². The van der Waals surface area contributed by atoms with Crippen molar-refractivity contribution in [3.63, 3.8) is 0 Å². The molecule has 0 aliphatic carbocycles. The van der Waals surface area contributed by atoms with Crippen LogP contribution < -0.4 is 9.46 Å². The summed E-state index contributed by atoms with van der Waals surface area (Å²) < 4.78 is 31.6. The van der Waals surface area contributed by atoms with Gasteiger partial charge in [0.15, 0.2) is 0 Å². The molecule has 0 spiro atoms. The van der Waals surface area contributed by atoms with Crippen molar-refractivity contribution in [2.45, 2.75) is 26.3 Å². The summed E-state index contributed by atoms with van der Waals surface area (Å²) in [5, 5.41) is 0. The van der Waals surface area contributed by atoms with E-state index in [-0.39, 0.29) is 17.7 Å². The molecule has 0 saturated carbocycles. The lowest BCUT2D eigenvalue weighted by Gasteiger charge is -2.26. The molecule has 0 aromatic heterocycles. The van der Waals surface area contributed by atoms with Crippen LogP contribution in [0.3, 0.4) is 0 Å². The second kappa shape index (κ2) is 8.90. The molecule has 0 fully saturated rings. The lowest BCUT2D eigenvalue weighted by atomic mass is 10.1. The molecule has 0 saturated heterocycles. The number of hydrogen-bond donors (Lipinski definition) is 1. The lowest BCUT2D eigenvalue weighted by Crippen LogP contribution is -2.29. The Hall–Kier alpha value is -2.54. The number of sulfonamides is 1. The van der Waals surface area contributed by atoms with Crippen molar-refractivity contribution in [2.75, 3.05) is 24.6 Å². The quantitative estimate of drug-likeness (QED) is 0.746. The smallest absolute Gasteiger partial charge is 0.254 e. The van der Waals surface area contributed by atoms with E-state index in [2.05, 4.69) is 4.72 Å². The third-order valence-electron chi connectivity index (χ3n) is 4.36. The molecule has 2 aromatic rings. The van der Waals surface area contributed by atoms with Gasteiger partial charge in [-0.3, -0.25) is 9.52 Å². The van der Waals surface area contributed by atoms with E-state index < -0.39 is 10.0 Å². The van der Waals surface area contributed by atoms with Crippen LogP contribution in [-0.2, 0) is 10.0 Å². The number of rotatable bonds is 8. The first-order chi connectivity index (χ1) is 12.8. The summed E-state index contributed by atoms with van der Waals surface area (Å²) in [4.78, 5) is 14.5. The average Bonchev–Trinajstić information content (AvgIpc) is 2.66. The third-order valence-corrected chi connectivity index (χ3v) is 5.85. The predicted molar refractivity (Wildman–Crippen MR) is 108 cm³/mol. The fourth-order valence-electron chi connectivity index (χ4n) is 2.70. The van der Waals surface area contributed by atoms with Gasteiger partial charge in [-0.05, 0) is 49.2 Å². The third kappa shape index (κ3) is 5.47. The summed E-state index contributed by atoms with van der Waals surface area (Å²) in [6.45, 7) is 3.74. The average molecular weight is 391 g/mol. The van der Waals surface area contributed by atoms with Crippen molar-refractivity contribution in [2.24, 2.45) is 0 Å². The summed E-state index contributed by atoms with van der Waals surface area (Å²) in [7, 11) is -0.0658. The number of carbonyl (C=O) groups is 1. The molecule has 0 aliphatic heterocycles. The van der Waals surface area contributed by atoms with E-state index in [1.807, 2.05) is 31.2 Å². The molecule has 0 bridgehead atoms. The Morgan fingerprint density at radius 3 is 2.44 bits per heavy atom. The summed E-state index contributed by atoms with van der Waals surface area (Å²) in [6, 6.07) is 13.9. The topological polar surface area (TPSA) is 75.7 Å². The standard InChI is InChI=1S/C20H26N2O4S/c1-5-13-27(24,25)21-18-8-6-7-17(14-18)20(23)22(3)15(2)16-9-11-19(26-4)12-10-16/h6-12,14-15,21H,5,13H2,1-4H3. The van der Waals surface area contributed by atoms with Gasteiger partial charge in [0.1, 0.15) is 5.75 Å². The zero-order chi connectivity index (χ0) is 20.0. The molecular weight excluding hydrogens is 364 g/mol. The van der Waals surface area contributed by atoms with Gasteiger partial charge in [-0.1, -0.05) is 25.1 Å². The summed E-state index contributed by atoms with van der Waals surface area (Å²) in [5.41, 5.74) is 1.79. The van der Waals surface area contributed by atoms with Crippen molar-refractivity contribution >= 4 is 21.6 Å². The molecule has 2 rings (SSSR count). The van der Waals surface area contributed by atoms with Crippen molar-refractivity contribution < 1.29 is 17.9 Å². The molecule has 1 unspecified atom stereocenters. The molecule has 146 valence electrons. The van der Waals surface area contributed by atoms with Gasteiger partial charge in [0.2, 0.25) is 10.0 Å². The number of methoxy groups -OCH3 is 1. The van der Waals surface area contributed by atoms with Crippen molar-refractivity contribution in [1.82, 2.24) is 4.90 Å². The molecule has 1 amide bonds. The molecule has 27 heavy (non-hydrogen) atoms. The second-order valence-electron chi connectivity index (χ2n) is 6.37. The minimum atomic E-state index is -3.40. The highest BCUT2D eigenvalue weighted by atomic mass is 32.2. The van der Waals surface area contributed by atoms with Crippen LogP contribution in [0.15, 0.2) is 48.5 Å². The Bertz CT molecular complexity index is 879. The van der Waals surface area contributed by atoms with Gasteiger partial charge in [-0.2, -0.15) is 0 Å². The Balaban J connectivity index is 2.17. The van der Waals surface area contributed by atoms with Gasteiger partial charge in [0, 0.05) is 18.3 Å². The molecule has 0 aliphatic rings. The van der Waals surface area contributed by atoms with E-state index >= 15 is 0 Å². The molecule has 0 radical (unpaired) electrons. The van der Waals surface area contributed by atoms with Gasteiger partial charge >= 0.3 is 0 Å². The van der Waals surface area contributed by atoms with E-state index in [0.29, 0.717) is 17.7 Å². The fourth-order valence-corrected chi connectivity index (χ4v) is 3.83. The van der Waals surface area contributed by atoms with Crippen molar-refractivity contribution in [3.8, 4) is 5.75 Å². The maximum absolute atomic E-state index is 12.9. The Morgan fingerprint density at radius 1 is 1.19 bits per heavy atom. The van der Waals surface area contributed by atoms with Gasteiger partial charge in [-0.25, -0.2) is 8.42 Å². The first kappa shape index (κ1) is 20.8. The van der Waals surface area contributed by atoms with E-state index in [1.165, 1.54) is 0 Å². The van der Waals surface area contributed by atoms with Gasteiger partial charge in [0.05, 0.1) is 18.9 Å². The normalized spacial score (nSPS) is 12.3. The van der Waals surface area contributed by atoms with Crippen LogP contribution in [0.1, 0.15) is 42.2 Å². The van der Waals surface area contributed by atoms with Crippen molar-refractivity contribution in [1.29, 1.82) is 0 Å². The largest absolute Gasteiger partial charge is 0.497 e. The van der Waals surface area contributed by atoms with Gasteiger partial charge in [0.25, 0.3) is 5.91 Å². The number of benzene rings is 2. The molecule has 0 heterocycles. The zero-order valence-corrected chi connectivity index (χ0v) is 16.9. The Labute approximate surface area is 161 Å². The van der Waals surface area contributed by atoms with Crippen LogP contribution in [0.4, 0.5) is 5.69 Å². The first-order valence-corrected chi connectivity index (χ1v) is 10.4. The first-order valence-electron chi connectivity index (χ1n) is 8.79. The number of nitrogens with zero attached hydrogens (tertiary/aromatic N) is 1.